The normalized spacial score (nSPS) is 19.8. The van der Waals surface area contributed by atoms with Gasteiger partial charge in [-0.2, -0.15) is 13.1 Å². The van der Waals surface area contributed by atoms with Crippen LogP contribution in [-0.4, -0.2) is 27.0 Å². The van der Waals surface area contributed by atoms with E-state index >= 15 is 0 Å². The third-order valence-electron chi connectivity index (χ3n) is 2.71. The molecule has 0 heterocycles. The van der Waals surface area contributed by atoms with Crippen molar-refractivity contribution in [2.75, 3.05) is 13.1 Å². The van der Waals surface area contributed by atoms with Crippen molar-refractivity contribution in [1.82, 2.24) is 9.44 Å². The van der Waals surface area contributed by atoms with E-state index in [1.165, 1.54) is 0 Å². The molecule has 0 unspecified atom stereocenters. The van der Waals surface area contributed by atoms with E-state index in [1.807, 2.05) is 20.8 Å². The summed E-state index contributed by atoms with van der Waals surface area (Å²) in [6.45, 7) is 6.57. The van der Waals surface area contributed by atoms with E-state index in [4.69, 9.17) is 5.73 Å². The van der Waals surface area contributed by atoms with Gasteiger partial charge >= 0.3 is 0 Å². The fourth-order valence-electron chi connectivity index (χ4n) is 1.69. The van der Waals surface area contributed by atoms with Crippen molar-refractivity contribution >= 4 is 10.2 Å². The lowest BCUT2D eigenvalue weighted by atomic mass is 10.0. The van der Waals surface area contributed by atoms with Gasteiger partial charge in [0.25, 0.3) is 10.2 Å². The highest BCUT2D eigenvalue weighted by atomic mass is 32.2. The Hall–Kier alpha value is -0.170. The zero-order chi connectivity index (χ0) is 12.4. The molecule has 0 amide bonds. The highest BCUT2D eigenvalue weighted by Crippen LogP contribution is 2.47. The summed E-state index contributed by atoms with van der Waals surface area (Å²) in [5, 5.41) is 0. The Morgan fingerprint density at radius 3 is 2.25 bits per heavy atom. The van der Waals surface area contributed by atoms with E-state index in [2.05, 4.69) is 9.44 Å². The van der Waals surface area contributed by atoms with Crippen LogP contribution in [0.5, 0.6) is 0 Å². The Labute approximate surface area is 98.4 Å². The fourth-order valence-corrected chi connectivity index (χ4v) is 3.06. The van der Waals surface area contributed by atoms with E-state index < -0.39 is 15.7 Å². The summed E-state index contributed by atoms with van der Waals surface area (Å²) in [5.41, 5.74) is 5.18. The van der Waals surface area contributed by atoms with Gasteiger partial charge in [-0.3, -0.25) is 0 Å². The molecule has 0 radical (unpaired) electrons. The smallest absolute Gasteiger partial charge is 0.277 e. The first-order chi connectivity index (χ1) is 7.18. The molecule has 0 saturated heterocycles. The highest BCUT2D eigenvalue weighted by Gasteiger charge is 2.42. The third-order valence-corrected chi connectivity index (χ3v) is 4.11. The highest BCUT2D eigenvalue weighted by molar-refractivity contribution is 7.87. The van der Waals surface area contributed by atoms with Crippen LogP contribution in [0.4, 0.5) is 0 Å². The van der Waals surface area contributed by atoms with E-state index in [1.54, 1.807) is 0 Å². The minimum Gasteiger partial charge on any atom is -0.330 e. The van der Waals surface area contributed by atoms with Crippen LogP contribution < -0.4 is 15.2 Å². The molecular weight excluding hydrogens is 226 g/mol. The monoisotopic (exact) mass is 249 g/mol. The first kappa shape index (κ1) is 13.9. The summed E-state index contributed by atoms with van der Waals surface area (Å²) >= 11 is 0. The molecule has 0 spiro atoms. The van der Waals surface area contributed by atoms with Gasteiger partial charge in [0.05, 0.1) is 0 Å². The molecule has 5 nitrogen and oxygen atoms in total. The molecule has 0 atom stereocenters. The summed E-state index contributed by atoms with van der Waals surface area (Å²) in [6, 6.07) is 0. The number of nitrogens with two attached hydrogens (primary N) is 1. The zero-order valence-electron chi connectivity index (χ0n) is 10.3. The van der Waals surface area contributed by atoms with Crippen LogP contribution in [0, 0.1) is 5.41 Å². The molecule has 1 aliphatic carbocycles. The molecule has 6 heteroatoms. The minimum absolute atomic E-state index is 0.126. The maximum absolute atomic E-state index is 11.7. The first-order valence-electron chi connectivity index (χ1n) is 5.67. The van der Waals surface area contributed by atoms with E-state index in [0.29, 0.717) is 13.1 Å². The van der Waals surface area contributed by atoms with Crippen molar-refractivity contribution in [2.45, 2.75) is 45.6 Å². The second kappa shape index (κ2) is 4.60. The molecule has 1 fully saturated rings. The van der Waals surface area contributed by atoms with Gasteiger partial charge in [0.1, 0.15) is 0 Å². The Kier molecular flexibility index (Phi) is 3.99. The van der Waals surface area contributed by atoms with E-state index in [0.717, 1.165) is 19.3 Å². The average molecular weight is 249 g/mol. The Bertz CT molecular complexity index is 328. The molecule has 16 heavy (non-hydrogen) atoms. The lowest BCUT2D eigenvalue weighted by molar-refractivity contribution is 0.445. The van der Waals surface area contributed by atoms with Gasteiger partial charge in [0, 0.05) is 12.1 Å². The van der Waals surface area contributed by atoms with Crippen LogP contribution in [0.25, 0.3) is 0 Å². The summed E-state index contributed by atoms with van der Waals surface area (Å²) in [6.07, 6.45) is 3.04. The average Bonchev–Trinajstić information content (AvgIpc) is 2.79. The maximum atomic E-state index is 11.7. The number of rotatable bonds is 6. The number of nitrogens with one attached hydrogen (secondary N) is 2. The quantitative estimate of drug-likeness (QED) is 0.634. The van der Waals surface area contributed by atoms with Crippen LogP contribution in [0.2, 0.25) is 0 Å². The van der Waals surface area contributed by atoms with E-state index in [9.17, 15) is 8.42 Å². The largest absolute Gasteiger partial charge is 0.330 e. The fraction of sp³-hybridized carbons (Fsp3) is 1.00. The predicted octanol–water partition coefficient (Wildman–Crippen LogP) is 0.338. The van der Waals surface area contributed by atoms with Gasteiger partial charge in [-0.25, -0.2) is 4.72 Å². The number of hydrogen-bond donors (Lipinski definition) is 3. The van der Waals surface area contributed by atoms with Crippen LogP contribution in [-0.2, 0) is 10.2 Å². The molecule has 1 saturated carbocycles. The SMILES string of the molecule is CC(C)(C)NS(=O)(=O)NCC1(CCN)CC1. The Morgan fingerprint density at radius 2 is 1.88 bits per heavy atom. The standard InChI is InChI=1S/C10H23N3O2S/c1-9(2,3)13-16(14,15)12-8-10(4-5-10)6-7-11/h12-13H,4-8,11H2,1-3H3. The lowest BCUT2D eigenvalue weighted by Crippen LogP contribution is -2.48. The Morgan fingerprint density at radius 1 is 1.31 bits per heavy atom. The van der Waals surface area contributed by atoms with Crippen molar-refractivity contribution in [3.8, 4) is 0 Å². The summed E-state index contributed by atoms with van der Waals surface area (Å²) in [5.74, 6) is 0. The summed E-state index contributed by atoms with van der Waals surface area (Å²) in [7, 11) is -3.39. The molecule has 4 N–H and O–H groups in total. The van der Waals surface area contributed by atoms with Crippen molar-refractivity contribution in [1.29, 1.82) is 0 Å². The van der Waals surface area contributed by atoms with Crippen LogP contribution in [0.1, 0.15) is 40.0 Å². The summed E-state index contributed by atoms with van der Waals surface area (Å²) in [4.78, 5) is 0. The second-order valence-corrected chi connectivity index (χ2v) is 7.21. The maximum Gasteiger partial charge on any atom is 0.277 e. The first-order valence-corrected chi connectivity index (χ1v) is 7.15. The molecule has 0 aliphatic heterocycles. The van der Waals surface area contributed by atoms with Gasteiger partial charge in [-0.15, -0.1) is 0 Å². The van der Waals surface area contributed by atoms with Crippen molar-refractivity contribution < 1.29 is 8.42 Å². The minimum atomic E-state index is -3.39. The van der Waals surface area contributed by atoms with Gasteiger partial charge in [0.2, 0.25) is 0 Å². The topological polar surface area (TPSA) is 84.2 Å². The van der Waals surface area contributed by atoms with Gasteiger partial charge in [-0.05, 0) is 52.0 Å². The molecule has 0 aromatic rings. The van der Waals surface area contributed by atoms with Gasteiger partial charge < -0.3 is 5.73 Å². The van der Waals surface area contributed by atoms with Crippen molar-refractivity contribution in [3.05, 3.63) is 0 Å². The van der Waals surface area contributed by atoms with Crippen LogP contribution in [0.15, 0.2) is 0 Å². The van der Waals surface area contributed by atoms with Gasteiger partial charge in [0.15, 0.2) is 0 Å². The zero-order valence-corrected chi connectivity index (χ0v) is 11.2. The van der Waals surface area contributed by atoms with Gasteiger partial charge in [-0.1, -0.05) is 0 Å². The Balaban J connectivity index is 2.43. The summed E-state index contributed by atoms with van der Waals surface area (Å²) < 4.78 is 28.5. The number of hydrogen-bond acceptors (Lipinski definition) is 3. The van der Waals surface area contributed by atoms with E-state index in [-0.39, 0.29) is 5.41 Å². The molecule has 96 valence electrons. The predicted molar refractivity (Wildman–Crippen MR) is 65.1 cm³/mol. The van der Waals surface area contributed by atoms with Crippen LogP contribution >= 0.6 is 0 Å². The molecule has 0 aromatic carbocycles. The molecule has 1 aliphatic rings. The van der Waals surface area contributed by atoms with Crippen LogP contribution in [0.3, 0.4) is 0 Å². The van der Waals surface area contributed by atoms with Crippen molar-refractivity contribution in [3.63, 3.8) is 0 Å². The molecule has 0 aromatic heterocycles. The molecule has 1 rings (SSSR count). The van der Waals surface area contributed by atoms with Crippen molar-refractivity contribution in [2.24, 2.45) is 11.1 Å². The second-order valence-electron chi connectivity index (χ2n) is 5.72. The molecular formula is C10H23N3O2S. The molecule has 0 bridgehead atoms. The third kappa shape index (κ3) is 4.78. The lowest BCUT2D eigenvalue weighted by Gasteiger charge is -2.22.